The van der Waals surface area contributed by atoms with E-state index in [-0.39, 0.29) is 10.9 Å². The van der Waals surface area contributed by atoms with Gasteiger partial charge in [-0.2, -0.15) is 0 Å². The highest BCUT2D eigenvalue weighted by Crippen LogP contribution is 2.44. The lowest BCUT2D eigenvalue weighted by Crippen LogP contribution is -2.02. The summed E-state index contributed by atoms with van der Waals surface area (Å²) in [5.74, 6) is 0. The maximum absolute atomic E-state index is 13.6. The zero-order valence-corrected chi connectivity index (χ0v) is 25.5. The Kier molecular flexibility index (Phi) is 5.55. The average Bonchev–Trinajstić information content (AvgIpc) is 3.14. The molecular weight excluding hydrogens is 592 g/mol. The van der Waals surface area contributed by atoms with Crippen molar-refractivity contribution in [2.45, 2.75) is 0 Å². The van der Waals surface area contributed by atoms with Gasteiger partial charge in [-0.1, -0.05) is 97.1 Å². The largest absolute Gasteiger partial charge is 0.455 e. The molecule has 0 fully saturated rings. The fourth-order valence-corrected chi connectivity index (χ4v) is 7.47. The van der Waals surface area contributed by atoms with Crippen molar-refractivity contribution in [3.05, 3.63) is 166 Å². The van der Waals surface area contributed by atoms with Gasteiger partial charge in [-0.3, -0.25) is 9.59 Å². The molecule has 4 heteroatoms. The van der Waals surface area contributed by atoms with Gasteiger partial charge in [-0.05, 0) is 92.0 Å². The summed E-state index contributed by atoms with van der Waals surface area (Å²) in [5, 5.41) is 8.65. The van der Waals surface area contributed by atoms with E-state index in [1.807, 2.05) is 97.1 Å². The van der Waals surface area contributed by atoms with Crippen LogP contribution in [0.1, 0.15) is 0 Å². The van der Waals surface area contributed by atoms with Gasteiger partial charge >= 0.3 is 0 Å². The second-order valence-corrected chi connectivity index (χ2v) is 12.3. The molecule has 48 heavy (non-hydrogen) atoms. The Balaban J connectivity index is 1.33. The third-order valence-electron chi connectivity index (χ3n) is 9.67. The van der Waals surface area contributed by atoms with Crippen LogP contribution >= 0.6 is 0 Å². The zero-order valence-electron chi connectivity index (χ0n) is 25.5. The second-order valence-electron chi connectivity index (χ2n) is 12.3. The van der Waals surface area contributed by atoms with Crippen molar-refractivity contribution in [3.8, 4) is 22.3 Å². The lowest BCUT2D eigenvalue weighted by Gasteiger charge is -2.17. The van der Waals surface area contributed by atoms with Gasteiger partial charge in [-0.15, -0.1) is 0 Å². The number of fused-ring (bicyclic) bond motifs is 9. The molecule has 2 heterocycles. The lowest BCUT2D eigenvalue weighted by molar-refractivity contribution is 0.661. The molecular formula is C44H24O4. The zero-order chi connectivity index (χ0) is 31.9. The van der Waals surface area contributed by atoms with Crippen LogP contribution in [0.25, 0.3) is 98.4 Å². The van der Waals surface area contributed by atoms with E-state index in [1.165, 1.54) is 0 Å². The Morgan fingerprint density at radius 2 is 0.646 bits per heavy atom. The van der Waals surface area contributed by atoms with E-state index < -0.39 is 0 Å². The first-order valence-corrected chi connectivity index (χ1v) is 15.9. The lowest BCUT2D eigenvalue weighted by atomic mass is 9.87. The average molecular weight is 617 g/mol. The molecule has 0 atom stereocenters. The van der Waals surface area contributed by atoms with E-state index in [0.29, 0.717) is 43.9 Å². The standard InChI is InChI=1S/C44H24O4/c45-41-31-15-5-7-21-39(31)47-43-29(17-9-19-33(41)43)35-23-38-28-14-4-2-12-26(28)36(24-37(38)27-13-3-1-11-25(27)35)30-18-10-20-34-42(46)32-16-6-8-22-40(32)48-44(30)34/h1-24H. The molecule has 0 spiro atoms. The number of benzene rings is 8. The van der Waals surface area contributed by atoms with Crippen LogP contribution in [-0.4, -0.2) is 0 Å². The second kappa shape index (κ2) is 9.99. The molecule has 0 saturated heterocycles. The Morgan fingerprint density at radius 1 is 0.292 bits per heavy atom. The van der Waals surface area contributed by atoms with E-state index >= 15 is 0 Å². The number of rotatable bonds is 2. The Morgan fingerprint density at radius 3 is 1.08 bits per heavy atom. The highest BCUT2D eigenvalue weighted by atomic mass is 16.3. The van der Waals surface area contributed by atoms with E-state index in [9.17, 15) is 9.59 Å². The van der Waals surface area contributed by atoms with Gasteiger partial charge in [0, 0.05) is 11.1 Å². The third kappa shape index (κ3) is 3.71. The normalized spacial score (nSPS) is 11.9. The number of hydrogen-bond donors (Lipinski definition) is 0. The molecule has 0 radical (unpaired) electrons. The van der Waals surface area contributed by atoms with Crippen LogP contribution < -0.4 is 10.9 Å². The van der Waals surface area contributed by atoms with Crippen molar-refractivity contribution in [2.75, 3.05) is 0 Å². The molecule has 0 N–H and O–H groups in total. The van der Waals surface area contributed by atoms with Gasteiger partial charge in [0.05, 0.1) is 21.5 Å². The predicted octanol–water partition coefficient (Wildman–Crippen LogP) is 11.0. The van der Waals surface area contributed by atoms with Crippen LogP contribution in [0.3, 0.4) is 0 Å². The van der Waals surface area contributed by atoms with Gasteiger partial charge in [0.25, 0.3) is 0 Å². The summed E-state index contributed by atoms with van der Waals surface area (Å²) >= 11 is 0. The molecule has 0 aliphatic carbocycles. The first kappa shape index (κ1) is 26.7. The highest BCUT2D eigenvalue weighted by Gasteiger charge is 2.20. The van der Waals surface area contributed by atoms with Crippen LogP contribution in [0.2, 0.25) is 0 Å². The van der Waals surface area contributed by atoms with E-state index in [1.54, 1.807) is 0 Å². The van der Waals surface area contributed by atoms with E-state index in [2.05, 4.69) is 48.5 Å². The third-order valence-corrected chi connectivity index (χ3v) is 9.67. The van der Waals surface area contributed by atoms with Crippen molar-refractivity contribution >= 4 is 76.2 Å². The molecule has 4 nitrogen and oxygen atoms in total. The molecule has 0 aliphatic rings. The van der Waals surface area contributed by atoms with Crippen molar-refractivity contribution in [1.29, 1.82) is 0 Å². The maximum Gasteiger partial charge on any atom is 0.200 e. The quantitative estimate of drug-likeness (QED) is 0.143. The Bertz CT molecular complexity index is 2900. The van der Waals surface area contributed by atoms with E-state index in [4.69, 9.17) is 8.83 Å². The van der Waals surface area contributed by atoms with Crippen molar-refractivity contribution in [2.24, 2.45) is 0 Å². The molecule has 0 bridgehead atoms. The Labute approximate surface area is 272 Å². The van der Waals surface area contributed by atoms with Crippen LogP contribution in [0, 0.1) is 0 Å². The summed E-state index contributed by atoms with van der Waals surface area (Å²) < 4.78 is 13.0. The summed E-state index contributed by atoms with van der Waals surface area (Å²) in [6, 6.07) is 47.6. The minimum Gasteiger partial charge on any atom is -0.455 e. The molecule has 0 aliphatic heterocycles. The molecule has 0 unspecified atom stereocenters. The van der Waals surface area contributed by atoms with Gasteiger partial charge in [-0.25, -0.2) is 0 Å². The van der Waals surface area contributed by atoms with Crippen LogP contribution in [0.4, 0.5) is 0 Å². The maximum atomic E-state index is 13.6. The molecule has 0 saturated carbocycles. The Hall–Kier alpha value is -6.52. The first-order valence-electron chi connectivity index (χ1n) is 15.9. The number of para-hydroxylation sites is 4. The summed E-state index contributed by atoms with van der Waals surface area (Å²) in [4.78, 5) is 27.2. The van der Waals surface area contributed by atoms with Gasteiger partial charge in [0.15, 0.2) is 0 Å². The van der Waals surface area contributed by atoms with E-state index in [0.717, 1.165) is 54.6 Å². The molecule has 8 aromatic carbocycles. The summed E-state index contributed by atoms with van der Waals surface area (Å²) in [5.41, 5.74) is 5.91. The van der Waals surface area contributed by atoms with Gasteiger partial charge in [0.2, 0.25) is 10.9 Å². The molecule has 10 rings (SSSR count). The molecule has 2 aromatic heterocycles. The summed E-state index contributed by atoms with van der Waals surface area (Å²) in [7, 11) is 0. The molecule has 0 amide bonds. The minimum absolute atomic E-state index is 0.0385. The van der Waals surface area contributed by atoms with Crippen molar-refractivity contribution in [1.82, 2.24) is 0 Å². The number of hydrogen-bond acceptors (Lipinski definition) is 4. The van der Waals surface area contributed by atoms with Gasteiger partial charge < -0.3 is 8.83 Å². The van der Waals surface area contributed by atoms with Crippen LogP contribution in [0.5, 0.6) is 0 Å². The fraction of sp³-hybridized carbons (Fsp3) is 0. The minimum atomic E-state index is -0.0385. The van der Waals surface area contributed by atoms with Crippen LogP contribution in [0.15, 0.2) is 164 Å². The highest BCUT2D eigenvalue weighted by molar-refractivity contribution is 6.25. The molecule has 224 valence electrons. The van der Waals surface area contributed by atoms with Crippen LogP contribution in [-0.2, 0) is 0 Å². The predicted molar refractivity (Wildman–Crippen MR) is 197 cm³/mol. The topological polar surface area (TPSA) is 60.4 Å². The fourth-order valence-electron chi connectivity index (χ4n) is 7.47. The van der Waals surface area contributed by atoms with Gasteiger partial charge in [0.1, 0.15) is 22.3 Å². The summed E-state index contributed by atoms with van der Waals surface area (Å²) in [6.45, 7) is 0. The molecule has 10 aromatic rings. The summed E-state index contributed by atoms with van der Waals surface area (Å²) in [6.07, 6.45) is 0. The monoisotopic (exact) mass is 616 g/mol. The van der Waals surface area contributed by atoms with Crippen molar-refractivity contribution in [3.63, 3.8) is 0 Å². The smallest absolute Gasteiger partial charge is 0.200 e. The first-order chi connectivity index (χ1) is 23.7. The van der Waals surface area contributed by atoms with Crippen molar-refractivity contribution < 1.29 is 8.83 Å². The SMILES string of the molecule is O=c1c2ccccc2oc2c(-c3cc4c5ccccc5c(-c5cccc6c(=O)c7ccccc7oc56)cc4c4ccccc34)cccc12.